The monoisotopic (exact) mass is 582 g/mol. The molecule has 8 heteroatoms. The van der Waals surface area contributed by atoms with Crippen molar-refractivity contribution >= 4 is 51.9 Å². The highest BCUT2D eigenvalue weighted by atomic mass is 35.5. The molecule has 2 saturated heterocycles. The molecule has 3 unspecified atom stereocenters. The molecule has 2 aromatic rings. The number of thioether (sulfide) groups is 1. The summed E-state index contributed by atoms with van der Waals surface area (Å²) >= 11 is 13.4. The fourth-order valence-electron chi connectivity index (χ4n) is 7.15. The summed E-state index contributed by atoms with van der Waals surface area (Å²) < 4.78 is 2.98. The molecule has 2 bridgehead atoms. The number of carbonyl (C=O) groups is 1. The minimum absolute atomic E-state index is 0.110. The number of nitrogens with zero attached hydrogens (tertiary/aromatic N) is 3. The molecular formula is C31H39ClN4OS2. The fourth-order valence-corrected chi connectivity index (χ4v) is 8.62. The molecule has 2 aliphatic heterocycles. The first-order valence-electron chi connectivity index (χ1n) is 14.6. The van der Waals surface area contributed by atoms with E-state index in [0.717, 1.165) is 82.6 Å². The molecule has 0 spiro atoms. The maximum absolute atomic E-state index is 13.7. The normalized spacial score (nSPS) is 26.5. The Bertz CT molecular complexity index is 1250. The van der Waals surface area contributed by atoms with Crippen molar-refractivity contribution in [3.63, 3.8) is 0 Å². The van der Waals surface area contributed by atoms with Crippen molar-refractivity contribution in [3.05, 3.63) is 51.5 Å². The highest BCUT2D eigenvalue weighted by molar-refractivity contribution is 8.26. The Morgan fingerprint density at radius 2 is 1.90 bits per heavy atom. The number of carbonyl (C=O) groups excluding carboxylic acids is 1. The number of nitrogens with one attached hydrogen (secondary N) is 1. The van der Waals surface area contributed by atoms with E-state index >= 15 is 0 Å². The summed E-state index contributed by atoms with van der Waals surface area (Å²) in [5.74, 6) is 1.51. The van der Waals surface area contributed by atoms with Crippen LogP contribution in [0.25, 0.3) is 17.3 Å². The molecule has 4 fully saturated rings. The number of piperazine rings is 1. The van der Waals surface area contributed by atoms with Gasteiger partial charge in [0.25, 0.3) is 5.91 Å². The van der Waals surface area contributed by atoms with Crippen LogP contribution < -0.4 is 5.32 Å². The molecule has 3 atom stereocenters. The molecule has 208 valence electrons. The van der Waals surface area contributed by atoms with Crippen molar-refractivity contribution in [2.45, 2.75) is 57.4 Å². The van der Waals surface area contributed by atoms with Gasteiger partial charge in [0.1, 0.15) is 4.32 Å². The predicted molar refractivity (Wildman–Crippen MR) is 167 cm³/mol. The largest absolute Gasteiger partial charge is 0.344 e. The Labute approximate surface area is 247 Å². The molecular weight excluding hydrogens is 544 g/mol. The third-order valence-corrected chi connectivity index (χ3v) is 10.8. The second-order valence-electron chi connectivity index (χ2n) is 11.7. The molecule has 1 aromatic carbocycles. The smallest absolute Gasteiger partial charge is 0.266 e. The van der Waals surface area contributed by atoms with Gasteiger partial charge < -0.3 is 14.8 Å². The second kappa shape index (κ2) is 12.1. The number of benzene rings is 1. The molecule has 6 rings (SSSR count). The average molecular weight is 583 g/mol. The Morgan fingerprint density at radius 1 is 1.10 bits per heavy atom. The Balaban J connectivity index is 1.21. The SMILES string of the molecule is Cn1c(-c2ccc(Cl)cc2)cc(CCCCCN2CCNCC2)c1/C=C1\SC(=S)N(C2CC3CCC2C3)C1=O. The van der Waals surface area contributed by atoms with Gasteiger partial charge in [-0.3, -0.25) is 9.69 Å². The van der Waals surface area contributed by atoms with Gasteiger partial charge in [-0.25, -0.2) is 0 Å². The summed E-state index contributed by atoms with van der Waals surface area (Å²) in [5, 5.41) is 4.17. The molecule has 2 aliphatic carbocycles. The number of aromatic nitrogens is 1. The van der Waals surface area contributed by atoms with Crippen LogP contribution in [0.5, 0.6) is 0 Å². The number of rotatable bonds is 9. The summed E-state index contributed by atoms with van der Waals surface area (Å²) in [6.45, 7) is 5.72. The van der Waals surface area contributed by atoms with Gasteiger partial charge >= 0.3 is 0 Å². The number of aryl methyl sites for hydroxylation is 1. The van der Waals surface area contributed by atoms with Gasteiger partial charge in [-0.05, 0) is 92.3 Å². The quantitative estimate of drug-likeness (QED) is 0.212. The number of amides is 1. The zero-order chi connectivity index (χ0) is 26.9. The third kappa shape index (κ3) is 5.89. The van der Waals surface area contributed by atoms with E-state index in [2.05, 4.69) is 46.1 Å². The zero-order valence-electron chi connectivity index (χ0n) is 22.8. The van der Waals surface area contributed by atoms with E-state index < -0.39 is 0 Å². The number of halogens is 1. The summed E-state index contributed by atoms with van der Waals surface area (Å²) in [7, 11) is 2.11. The first-order chi connectivity index (χ1) is 19.0. The Morgan fingerprint density at radius 3 is 2.62 bits per heavy atom. The lowest BCUT2D eigenvalue weighted by atomic mass is 9.94. The van der Waals surface area contributed by atoms with Gasteiger partial charge in [-0.2, -0.15) is 0 Å². The van der Waals surface area contributed by atoms with Crippen LogP contribution in [0.3, 0.4) is 0 Å². The lowest BCUT2D eigenvalue weighted by molar-refractivity contribution is -0.124. The van der Waals surface area contributed by atoms with E-state index in [1.165, 1.54) is 56.0 Å². The number of fused-ring (bicyclic) bond motifs is 2. The summed E-state index contributed by atoms with van der Waals surface area (Å²) in [5.41, 5.74) is 4.71. The van der Waals surface area contributed by atoms with E-state index in [1.54, 1.807) is 0 Å². The summed E-state index contributed by atoms with van der Waals surface area (Å²) in [6.07, 6.45) is 11.6. The van der Waals surface area contributed by atoms with Crippen molar-refractivity contribution in [1.29, 1.82) is 0 Å². The second-order valence-corrected chi connectivity index (χ2v) is 13.8. The lowest BCUT2D eigenvalue weighted by Crippen LogP contribution is -2.43. The van der Waals surface area contributed by atoms with Crippen molar-refractivity contribution < 1.29 is 4.79 Å². The molecule has 4 aliphatic rings. The molecule has 0 radical (unpaired) electrons. The van der Waals surface area contributed by atoms with E-state index in [4.69, 9.17) is 23.8 Å². The van der Waals surface area contributed by atoms with E-state index in [0.29, 0.717) is 12.0 Å². The lowest BCUT2D eigenvalue weighted by Gasteiger charge is -2.30. The molecule has 3 heterocycles. The van der Waals surface area contributed by atoms with Gasteiger partial charge in [0.2, 0.25) is 0 Å². The maximum Gasteiger partial charge on any atom is 0.266 e. The van der Waals surface area contributed by atoms with Gasteiger partial charge in [0.15, 0.2) is 0 Å². The van der Waals surface area contributed by atoms with Crippen LogP contribution >= 0.6 is 35.6 Å². The summed E-state index contributed by atoms with van der Waals surface area (Å²) in [4.78, 5) is 19.0. The number of hydrogen-bond acceptors (Lipinski definition) is 5. The maximum atomic E-state index is 13.7. The Kier molecular flexibility index (Phi) is 8.52. The third-order valence-electron chi connectivity index (χ3n) is 9.26. The molecule has 2 saturated carbocycles. The number of hydrogen-bond donors (Lipinski definition) is 1. The van der Waals surface area contributed by atoms with E-state index in [-0.39, 0.29) is 5.91 Å². The van der Waals surface area contributed by atoms with Gasteiger partial charge in [-0.1, -0.05) is 60.6 Å². The van der Waals surface area contributed by atoms with Crippen molar-refractivity contribution in [2.24, 2.45) is 18.9 Å². The van der Waals surface area contributed by atoms with E-state index in [9.17, 15) is 4.79 Å². The van der Waals surface area contributed by atoms with Gasteiger partial charge in [0, 0.05) is 55.7 Å². The molecule has 1 N–H and O–H groups in total. The first-order valence-corrected chi connectivity index (χ1v) is 16.2. The summed E-state index contributed by atoms with van der Waals surface area (Å²) in [6, 6.07) is 10.7. The topological polar surface area (TPSA) is 40.5 Å². The number of thiocarbonyl (C=S) groups is 1. The van der Waals surface area contributed by atoms with Crippen LogP contribution in [-0.4, -0.2) is 63.4 Å². The zero-order valence-corrected chi connectivity index (χ0v) is 25.2. The van der Waals surface area contributed by atoms with Crippen LogP contribution in [-0.2, 0) is 18.3 Å². The van der Waals surface area contributed by atoms with Crippen molar-refractivity contribution in [2.75, 3.05) is 32.7 Å². The number of unbranched alkanes of at least 4 members (excludes halogenated alkanes) is 2. The standard InChI is InChI=1S/C31H39ClN4OS2/c1-34-26(22-8-10-25(32)11-9-22)19-23(5-3-2-4-14-35-15-12-33-13-16-35)27(34)20-29-30(37)36(31(38)39-29)28-18-21-6-7-24(28)17-21/h8-11,19-21,24,28,33H,2-7,12-18H2,1H3/b29-20-. The van der Waals surface area contributed by atoms with Crippen molar-refractivity contribution in [3.8, 4) is 11.3 Å². The van der Waals surface area contributed by atoms with Crippen LogP contribution in [0.4, 0.5) is 0 Å². The highest BCUT2D eigenvalue weighted by Gasteiger charge is 2.48. The first kappa shape index (κ1) is 27.5. The minimum atomic E-state index is 0.110. The van der Waals surface area contributed by atoms with Gasteiger partial charge in [0.05, 0.1) is 4.91 Å². The predicted octanol–water partition coefficient (Wildman–Crippen LogP) is 6.35. The average Bonchev–Trinajstić information content (AvgIpc) is 3.70. The fraction of sp³-hybridized carbons (Fsp3) is 0.548. The molecule has 5 nitrogen and oxygen atoms in total. The van der Waals surface area contributed by atoms with E-state index in [1.807, 2.05) is 17.0 Å². The van der Waals surface area contributed by atoms with Gasteiger partial charge in [-0.15, -0.1) is 0 Å². The minimum Gasteiger partial charge on any atom is -0.344 e. The molecule has 1 amide bonds. The highest BCUT2D eigenvalue weighted by Crippen LogP contribution is 2.49. The molecule has 39 heavy (non-hydrogen) atoms. The van der Waals surface area contributed by atoms with Crippen LogP contribution in [0.2, 0.25) is 5.02 Å². The van der Waals surface area contributed by atoms with Crippen LogP contribution in [0.15, 0.2) is 35.2 Å². The van der Waals surface area contributed by atoms with Crippen molar-refractivity contribution in [1.82, 2.24) is 19.7 Å². The Hall–Kier alpha value is -1.64. The van der Waals surface area contributed by atoms with Crippen LogP contribution in [0.1, 0.15) is 56.2 Å². The van der Waals surface area contributed by atoms with Crippen LogP contribution in [0, 0.1) is 11.8 Å². The molecule has 1 aromatic heterocycles.